The van der Waals surface area contributed by atoms with Gasteiger partial charge in [0.2, 0.25) is 11.8 Å². The number of hydrogen-bond donors (Lipinski definition) is 7. The van der Waals surface area contributed by atoms with Gasteiger partial charge in [-0.25, -0.2) is 0 Å². The highest BCUT2D eigenvalue weighted by Crippen LogP contribution is 2.22. The Bertz CT molecular complexity index is 2440. The number of anilines is 5. The van der Waals surface area contributed by atoms with Crippen molar-refractivity contribution >= 4 is 69.8 Å². The lowest BCUT2D eigenvalue weighted by Crippen LogP contribution is -2.32. The zero-order chi connectivity index (χ0) is 43.8. The Morgan fingerprint density at radius 1 is 0.467 bits per heavy atom. The van der Waals surface area contributed by atoms with Gasteiger partial charge in [0.25, 0.3) is 29.5 Å². The molecular formula is C40H51N13O7. The molecule has 318 valence electrons. The molecule has 0 radical (unpaired) electrons. The molecule has 5 rings (SSSR count). The molecular weight excluding hydrogens is 775 g/mol. The third-order valence-corrected chi connectivity index (χ3v) is 9.28. The zero-order valence-corrected chi connectivity index (χ0v) is 34.9. The second-order valence-electron chi connectivity index (χ2n) is 14.6. The summed E-state index contributed by atoms with van der Waals surface area (Å²) in [6, 6.07) is 7.59. The number of nitrogens with one attached hydrogen (secondary N) is 7. The molecule has 5 aromatic rings. The van der Waals surface area contributed by atoms with Gasteiger partial charge in [-0.2, -0.15) is 0 Å². The first-order chi connectivity index (χ1) is 28.4. The molecule has 0 saturated heterocycles. The highest BCUT2D eigenvalue weighted by atomic mass is 16.2. The number of carbonyl (C=O) groups excluding carboxylic acids is 7. The molecule has 7 amide bonds. The van der Waals surface area contributed by atoms with Crippen molar-refractivity contribution in [3.63, 3.8) is 0 Å². The van der Waals surface area contributed by atoms with Crippen LogP contribution in [0.2, 0.25) is 0 Å². The standard InChI is InChI=1S/C40H51N13O7/c1-24(54)43-25-14-31(50(5)19-25)37(57)45-27-16-33(52(7)21-27)39(59)47-29-18-34(53(8)23-29)40(60)46-28-17-32(51(6)22-28)38(58)44-26-15-30(49(4)20-26)36(56)42-12-10-35(55)41-11-9-13-48(2)3/h14-23H,9-13H2,1-8H3,(H,41,55)(H,42,56)(H,43,54)(H,44,58)(H,45,57)(H,46,60)(H,47,59). The van der Waals surface area contributed by atoms with Crippen molar-refractivity contribution in [1.29, 1.82) is 0 Å². The fraction of sp³-hybridized carbons (Fsp3) is 0.325. The fourth-order valence-corrected chi connectivity index (χ4v) is 6.37. The van der Waals surface area contributed by atoms with Gasteiger partial charge < -0.3 is 65.0 Å². The van der Waals surface area contributed by atoms with E-state index in [9.17, 15) is 33.6 Å². The van der Waals surface area contributed by atoms with Gasteiger partial charge in [0, 0.05) is 92.7 Å². The van der Waals surface area contributed by atoms with Crippen molar-refractivity contribution < 1.29 is 33.6 Å². The summed E-state index contributed by atoms with van der Waals surface area (Å²) in [5.74, 6) is -2.72. The van der Waals surface area contributed by atoms with Crippen LogP contribution < -0.4 is 37.2 Å². The first-order valence-corrected chi connectivity index (χ1v) is 18.9. The first kappa shape index (κ1) is 43.8. The average Bonchev–Trinajstić information content (AvgIpc) is 3.98. The molecule has 0 fully saturated rings. The van der Waals surface area contributed by atoms with Crippen molar-refractivity contribution in [3.05, 3.63) is 89.8 Å². The first-order valence-electron chi connectivity index (χ1n) is 18.9. The Morgan fingerprint density at radius 2 is 0.783 bits per heavy atom. The Labute approximate surface area is 346 Å². The number of amides is 7. The van der Waals surface area contributed by atoms with E-state index in [4.69, 9.17) is 0 Å². The van der Waals surface area contributed by atoms with E-state index in [2.05, 4.69) is 37.2 Å². The van der Waals surface area contributed by atoms with Gasteiger partial charge in [0.1, 0.15) is 28.5 Å². The molecule has 5 aromatic heterocycles. The van der Waals surface area contributed by atoms with E-state index in [1.807, 2.05) is 19.0 Å². The molecule has 20 nitrogen and oxygen atoms in total. The number of aryl methyl sites for hydroxylation is 5. The summed E-state index contributed by atoms with van der Waals surface area (Å²) in [4.78, 5) is 91.2. The van der Waals surface area contributed by atoms with Gasteiger partial charge in [-0.1, -0.05) is 0 Å². The summed E-state index contributed by atoms with van der Waals surface area (Å²) in [6.45, 7) is 2.94. The van der Waals surface area contributed by atoms with Gasteiger partial charge in [-0.05, 0) is 57.4 Å². The monoisotopic (exact) mass is 825 g/mol. The molecule has 0 aliphatic carbocycles. The van der Waals surface area contributed by atoms with Crippen molar-refractivity contribution in [2.75, 3.05) is 60.3 Å². The molecule has 60 heavy (non-hydrogen) atoms. The lowest BCUT2D eigenvalue weighted by atomic mass is 10.3. The van der Waals surface area contributed by atoms with Crippen molar-refractivity contribution in [2.24, 2.45) is 35.2 Å². The summed E-state index contributed by atoms with van der Waals surface area (Å²) in [5.41, 5.74) is 3.17. The second kappa shape index (κ2) is 18.9. The minimum atomic E-state index is -0.498. The van der Waals surface area contributed by atoms with E-state index in [1.54, 1.807) is 89.1 Å². The Kier molecular flexibility index (Phi) is 13.8. The molecule has 20 heteroatoms. The normalized spacial score (nSPS) is 10.9. The number of rotatable bonds is 17. The Hall–Kier alpha value is -7.35. The van der Waals surface area contributed by atoms with Crippen LogP contribution in [0.4, 0.5) is 28.4 Å². The van der Waals surface area contributed by atoms with E-state index in [0.717, 1.165) is 13.0 Å². The van der Waals surface area contributed by atoms with E-state index in [-0.39, 0.29) is 47.6 Å². The Balaban J connectivity index is 1.13. The molecule has 0 saturated carbocycles. The van der Waals surface area contributed by atoms with E-state index < -0.39 is 29.5 Å². The van der Waals surface area contributed by atoms with Crippen LogP contribution in [0.3, 0.4) is 0 Å². The van der Waals surface area contributed by atoms with Gasteiger partial charge >= 0.3 is 0 Å². The molecule has 0 unspecified atom stereocenters. The van der Waals surface area contributed by atoms with Gasteiger partial charge in [0.05, 0.1) is 28.4 Å². The third-order valence-electron chi connectivity index (χ3n) is 9.28. The fourth-order valence-electron chi connectivity index (χ4n) is 6.37. The van der Waals surface area contributed by atoms with Gasteiger partial charge in [-0.3, -0.25) is 33.6 Å². The highest BCUT2D eigenvalue weighted by Gasteiger charge is 2.21. The number of carbonyl (C=O) groups is 7. The van der Waals surface area contributed by atoms with Gasteiger partial charge in [0.15, 0.2) is 0 Å². The molecule has 7 N–H and O–H groups in total. The Morgan fingerprint density at radius 3 is 1.10 bits per heavy atom. The number of hydrogen-bond acceptors (Lipinski definition) is 8. The highest BCUT2D eigenvalue weighted by molar-refractivity contribution is 6.09. The second-order valence-corrected chi connectivity index (χ2v) is 14.6. The zero-order valence-electron chi connectivity index (χ0n) is 34.9. The summed E-state index contributed by atoms with van der Waals surface area (Å²) < 4.78 is 7.77. The quantitative estimate of drug-likeness (QED) is 0.0688. The summed E-state index contributed by atoms with van der Waals surface area (Å²) >= 11 is 0. The molecule has 0 aliphatic heterocycles. The molecule has 0 aromatic carbocycles. The van der Waals surface area contributed by atoms with Crippen LogP contribution in [0, 0.1) is 0 Å². The summed E-state index contributed by atoms with van der Waals surface area (Å²) in [7, 11) is 12.2. The predicted molar refractivity (Wildman–Crippen MR) is 226 cm³/mol. The minimum Gasteiger partial charge on any atom is -0.356 e. The maximum absolute atomic E-state index is 13.4. The van der Waals surface area contributed by atoms with Crippen LogP contribution in [0.1, 0.15) is 72.2 Å². The van der Waals surface area contributed by atoms with Crippen LogP contribution in [0.5, 0.6) is 0 Å². The van der Waals surface area contributed by atoms with E-state index in [0.29, 0.717) is 40.7 Å². The SMILES string of the molecule is CC(=O)Nc1cc(C(=O)Nc2cc(C(=O)Nc3cc(C(=O)Nc4cc(C(=O)Nc5cc(C(=O)NCCC(=O)NCCCN(C)C)n(C)c5)n(C)c4)n(C)c3)n(C)c2)n(C)c1. The number of aromatic nitrogens is 5. The summed E-state index contributed by atoms with van der Waals surface area (Å²) in [6.07, 6.45) is 8.90. The van der Waals surface area contributed by atoms with Crippen LogP contribution in [0.15, 0.2) is 61.3 Å². The predicted octanol–water partition coefficient (Wildman–Crippen LogP) is 2.53. The average molecular weight is 826 g/mol. The van der Waals surface area contributed by atoms with E-state index >= 15 is 0 Å². The topological polar surface area (TPSA) is 232 Å². The third kappa shape index (κ3) is 11.2. The van der Waals surface area contributed by atoms with Crippen molar-refractivity contribution in [2.45, 2.75) is 19.8 Å². The summed E-state index contributed by atoms with van der Waals surface area (Å²) in [5, 5.41) is 19.3. The smallest absolute Gasteiger partial charge is 0.272 e. The lowest BCUT2D eigenvalue weighted by Gasteiger charge is -2.10. The van der Waals surface area contributed by atoms with Crippen LogP contribution in [0.25, 0.3) is 0 Å². The maximum atomic E-state index is 13.4. The lowest BCUT2D eigenvalue weighted by molar-refractivity contribution is -0.121. The molecule has 0 bridgehead atoms. The molecule has 0 atom stereocenters. The van der Waals surface area contributed by atoms with Crippen LogP contribution in [-0.2, 0) is 44.8 Å². The van der Waals surface area contributed by atoms with E-state index in [1.165, 1.54) is 37.3 Å². The molecule has 5 heterocycles. The van der Waals surface area contributed by atoms with Crippen molar-refractivity contribution in [3.8, 4) is 0 Å². The van der Waals surface area contributed by atoms with Gasteiger partial charge in [-0.15, -0.1) is 0 Å². The number of nitrogens with zero attached hydrogens (tertiary/aromatic N) is 6. The maximum Gasteiger partial charge on any atom is 0.272 e. The van der Waals surface area contributed by atoms with Crippen LogP contribution >= 0.6 is 0 Å². The molecule has 0 spiro atoms. The largest absolute Gasteiger partial charge is 0.356 e. The molecule has 0 aliphatic rings. The minimum absolute atomic E-state index is 0.135. The van der Waals surface area contributed by atoms with Crippen LogP contribution in [-0.4, -0.2) is 103 Å². The van der Waals surface area contributed by atoms with Crippen molar-refractivity contribution in [1.82, 2.24) is 38.4 Å².